The van der Waals surface area contributed by atoms with Crippen LogP contribution in [0.25, 0.3) is 0 Å². The average molecular weight is 240 g/mol. The first-order valence-electron chi connectivity index (χ1n) is 6.17. The Labute approximate surface area is 108 Å². The van der Waals surface area contributed by atoms with Crippen molar-refractivity contribution in [2.45, 2.75) is 78.6 Å². The Hall–Kier alpha value is 0.00987. The summed E-state index contributed by atoms with van der Waals surface area (Å²) < 4.78 is 16.9. The predicted octanol–water partition coefficient (Wildman–Crippen LogP) is 2.56. The van der Waals surface area contributed by atoms with E-state index in [9.17, 15) is 0 Å². The molecule has 0 aromatic rings. The van der Waals surface area contributed by atoms with E-state index in [1.54, 1.807) is 15.0 Å². The third kappa shape index (κ3) is 12.3. The molecule has 0 aliphatic carbocycles. The van der Waals surface area contributed by atoms with Crippen LogP contribution in [0.4, 0.5) is 0 Å². The van der Waals surface area contributed by atoms with Gasteiger partial charge in [-0.1, -0.05) is 0 Å². The maximum absolute atomic E-state index is 5.68. The molecule has 5 heteroatoms. The number of ether oxygens (including phenoxy) is 1. The fraction of sp³-hybridized carbons (Fsp3) is 1.00. The van der Waals surface area contributed by atoms with Crippen molar-refractivity contribution in [2.75, 3.05) is 0 Å². The molecule has 98 valence electrons. The summed E-state index contributed by atoms with van der Waals surface area (Å²) in [4.78, 5) is 0. The van der Waals surface area contributed by atoms with Gasteiger partial charge < -0.3 is 14.0 Å². The van der Waals surface area contributed by atoms with E-state index in [-0.39, 0.29) is 23.2 Å². The quantitative estimate of drug-likeness (QED) is 0.667. The van der Waals surface area contributed by atoms with Crippen LogP contribution in [0.15, 0.2) is 0 Å². The van der Waals surface area contributed by atoms with Crippen molar-refractivity contribution >= 4 is 15.0 Å². The van der Waals surface area contributed by atoms with Gasteiger partial charge in [0.25, 0.3) is 0 Å². The van der Waals surface area contributed by atoms with Gasteiger partial charge in [-0.15, -0.1) is 0 Å². The molecule has 0 fully saturated rings. The zero-order valence-electron chi connectivity index (χ0n) is 12.5. The molecule has 0 heterocycles. The zero-order chi connectivity index (χ0) is 13.7. The van der Waals surface area contributed by atoms with Gasteiger partial charge in [-0.05, 0) is 55.4 Å². The van der Waals surface area contributed by atoms with Crippen molar-refractivity contribution in [1.82, 2.24) is 0 Å². The molecule has 0 aliphatic rings. The normalized spacial score (nSPS) is 13.3. The second kappa shape index (κ2) is 6.81. The van der Waals surface area contributed by atoms with E-state index in [0.29, 0.717) is 0 Å². The van der Waals surface area contributed by atoms with Gasteiger partial charge in [-0.2, -0.15) is 0 Å². The van der Waals surface area contributed by atoms with Crippen LogP contribution in [0.1, 0.15) is 55.4 Å². The van der Waals surface area contributed by atoms with Crippen LogP contribution in [-0.4, -0.2) is 38.2 Å². The molecular weight excluding hydrogens is 214 g/mol. The zero-order valence-corrected chi connectivity index (χ0v) is 12.5. The lowest BCUT2D eigenvalue weighted by molar-refractivity contribution is 0.0481. The summed E-state index contributed by atoms with van der Waals surface area (Å²) in [5, 5.41) is 0. The second-order valence-corrected chi connectivity index (χ2v) is 6.38. The highest BCUT2D eigenvalue weighted by molar-refractivity contribution is 6.51. The fourth-order valence-electron chi connectivity index (χ4n) is 0.953. The predicted molar refractivity (Wildman–Crippen MR) is 73.2 cm³/mol. The van der Waals surface area contributed by atoms with Crippen molar-refractivity contribution in [3.05, 3.63) is 0 Å². The Kier molecular flexibility index (Phi) is 6.82. The highest BCUT2D eigenvalue weighted by atomic mass is 16.5. The molecule has 0 saturated carbocycles. The fourth-order valence-corrected chi connectivity index (χ4v) is 0.953. The Morgan fingerprint density at radius 1 is 0.765 bits per heavy atom. The third-order valence-corrected chi connectivity index (χ3v) is 1.54. The van der Waals surface area contributed by atoms with Crippen molar-refractivity contribution < 1.29 is 14.0 Å². The smallest absolute Gasteiger partial charge is 0.318 e. The van der Waals surface area contributed by atoms with Gasteiger partial charge in [0.1, 0.15) is 0 Å². The van der Waals surface area contributed by atoms with Crippen molar-refractivity contribution in [2.24, 2.45) is 0 Å². The van der Waals surface area contributed by atoms with E-state index in [0.717, 1.165) is 0 Å². The van der Waals surface area contributed by atoms with Crippen LogP contribution >= 0.6 is 0 Å². The van der Waals surface area contributed by atoms with Gasteiger partial charge in [0, 0.05) is 11.2 Å². The van der Waals surface area contributed by atoms with E-state index >= 15 is 0 Å². The molecule has 2 radical (unpaired) electrons. The molecule has 0 aromatic carbocycles. The van der Waals surface area contributed by atoms with Crippen LogP contribution in [-0.2, 0) is 14.0 Å². The lowest BCUT2D eigenvalue weighted by Gasteiger charge is -2.27. The summed E-state index contributed by atoms with van der Waals surface area (Å²) in [6.45, 7) is 16.0. The summed E-state index contributed by atoms with van der Waals surface area (Å²) in [6, 6.07) is 0. The summed E-state index contributed by atoms with van der Waals surface area (Å²) >= 11 is 0. The number of hydrogen-bond acceptors (Lipinski definition) is 3. The summed E-state index contributed by atoms with van der Waals surface area (Å²) in [5.74, 6) is -0.256. The van der Waals surface area contributed by atoms with Gasteiger partial charge in [0.05, 0.1) is 12.0 Å². The molecule has 0 rings (SSSR count). The lowest BCUT2D eigenvalue weighted by atomic mass is 9.69. The second-order valence-electron chi connectivity index (χ2n) is 6.38. The average Bonchev–Trinajstić information content (AvgIpc) is 2.06. The van der Waals surface area contributed by atoms with E-state index in [4.69, 9.17) is 14.0 Å². The van der Waals surface area contributed by atoms with Crippen molar-refractivity contribution in [1.29, 1.82) is 0 Å². The Morgan fingerprint density at radius 3 is 1.35 bits per heavy atom. The Bertz CT molecular complexity index is 189. The topological polar surface area (TPSA) is 27.7 Å². The van der Waals surface area contributed by atoms with Gasteiger partial charge >= 0.3 is 15.0 Å². The molecule has 3 nitrogen and oxygen atoms in total. The van der Waals surface area contributed by atoms with Crippen LogP contribution < -0.4 is 0 Å². The molecule has 0 atom stereocenters. The highest BCUT2D eigenvalue weighted by Gasteiger charge is 2.24. The van der Waals surface area contributed by atoms with Crippen LogP contribution in [0.5, 0.6) is 0 Å². The molecule has 0 aliphatic heterocycles. The first kappa shape index (κ1) is 17.0. The van der Waals surface area contributed by atoms with Crippen LogP contribution in [0, 0.1) is 0 Å². The minimum Gasteiger partial charge on any atom is -0.434 e. The SMILES string of the molecule is CC(C)OC([B]OC(C)(C)C)[B]OC(C)(C)C. The molecule has 0 spiro atoms. The monoisotopic (exact) mass is 240 g/mol. The van der Waals surface area contributed by atoms with E-state index in [1.807, 2.05) is 55.4 Å². The van der Waals surface area contributed by atoms with Gasteiger partial charge in [-0.3, -0.25) is 0 Å². The van der Waals surface area contributed by atoms with Crippen molar-refractivity contribution in [3.8, 4) is 0 Å². The minimum absolute atomic E-state index is 0.125. The third-order valence-electron chi connectivity index (χ3n) is 1.54. The molecule has 0 saturated heterocycles. The molecule has 0 amide bonds. The Balaban J connectivity index is 4.15. The lowest BCUT2D eigenvalue weighted by Crippen LogP contribution is -2.40. The van der Waals surface area contributed by atoms with Gasteiger partial charge in [-0.25, -0.2) is 0 Å². The van der Waals surface area contributed by atoms with Gasteiger partial charge in [0.15, 0.2) is 0 Å². The molecule has 0 aromatic heterocycles. The standard InChI is InChI=1S/C12H26B2O3/c1-9(2)15-10(13-16-11(3,4)5)14-17-12(6,7)8/h9-10H,1-8H3. The summed E-state index contributed by atoms with van der Waals surface area (Å²) in [6.07, 6.45) is 0.125. The van der Waals surface area contributed by atoms with Gasteiger partial charge in [0.2, 0.25) is 0 Å². The number of rotatable bonds is 6. The largest absolute Gasteiger partial charge is 0.434 e. The van der Waals surface area contributed by atoms with E-state index in [2.05, 4.69) is 0 Å². The van der Waals surface area contributed by atoms with Crippen LogP contribution in [0.3, 0.4) is 0 Å². The molecule has 0 unspecified atom stereocenters. The highest BCUT2D eigenvalue weighted by Crippen LogP contribution is 2.10. The summed E-state index contributed by atoms with van der Waals surface area (Å²) in [5.41, 5.74) is -0.428. The molecular formula is C12H26B2O3. The molecule has 0 N–H and O–H groups in total. The first-order valence-corrected chi connectivity index (χ1v) is 6.17. The minimum atomic E-state index is -0.256. The maximum Gasteiger partial charge on any atom is 0.318 e. The Morgan fingerprint density at radius 2 is 1.12 bits per heavy atom. The van der Waals surface area contributed by atoms with Crippen LogP contribution in [0.2, 0.25) is 0 Å². The first-order chi connectivity index (χ1) is 7.49. The molecule has 0 bridgehead atoms. The maximum atomic E-state index is 5.68. The van der Waals surface area contributed by atoms with Crippen molar-refractivity contribution in [3.63, 3.8) is 0 Å². The summed E-state index contributed by atoms with van der Waals surface area (Å²) in [7, 11) is 3.37. The van der Waals surface area contributed by atoms with E-state index < -0.39 is 0 Å². The molecule has 17 heavy (non-hydrogen) atoms. The number of hydrogen-bond donors (Lipinski definition) is 0. The van der Waals surface area contributed by atoms with E-state index in [1.165, 1.54) is 0 Å².